The van der Waals surface area contributed by atoms with Gasteiger partial charge in [0.2, 0.25) is 5.88 Å². The molecule has 4 N–H and O–H groups in total. The standard InChI is InChI=1S/C18H23FN4O3S/c1-9(2)7-21-18(25)22-17-13(15(20)24)16(23-27-17)26-8-12-6-5-10(3)14(19)11(12)4/h5-6,9H,7-8H2,1-4H3,(H2,20,24)(H2,21,22,25). The largest absolute Gasteiger partial charge is 0.472 e. The first-order valence-corrected chi connectivity index (χ1v) is 9.19. The summed E-state index contributed by atoms with van der Waals surface area (Å²) in [5.74, 6) is -0.782. The molecule has 0 radical (unpaired) electrons. The van der Waals surface area contributed by atoms with Gasteiger partial charge in [-0.25, -0.2) is 9.18 Å². The highest BCUT2D eigenvalue weighted by Crippen LogP contribution is 2.31. The molecule has 146 valence electrons. The van der Waals surface area contributed by atoms with E-state index in [4.69, 9.17) is 10.5 Å². The van der Waals surface area contributed by atoms with E-state index in [1.807, 2.05) is 13.8 Å². The Kier molecular flexibility index (Phi) is 6.73. The third-order valence-electron chi connectivity index (χ3n) is 3.86. The zero-order valence-electron chi connectivity index (χ0n) is 15.7. The van der Waals surface area contributed by atoms with E-state index in [2.05, 4.69) is 15.0 Å². The molecule has 0 saturated heterocycles. The van der Waals surface area contributed by atoms with Gasteiger partial charge in [-0.15, -0.1) is 0 Å². The quantitative estimate of drug-likeness (QED) is 0.669. The van der Waals surface area contributed by atoms with Gasteiger partial charge in [0, 0.05) is 6.54 Å². The number of urea groups is 1. The molecule has 1 aromatic heterocycles. The zero-order chi connectivity index (χ0) is 20.1. The lowest BCUT2D eigenvalue weighted by molar-refractivity contribution is 0.0996. The van der Waals surface area contributed by atoms with Crippen LogP contribution in [0, 0.1) is 25.6 Å². The number of ether oxygens (including phenoxy) is 1. The molecule has 2 aromatic rings. The predicted molar refractivity (Wildman–Crippen MR) is 103 cm³/mol. The van der Waals surface area contributed by atoms with Crippen molar-refractivity contribution in [2.45, 2.75) is 34.3 Å². The van der Waals surface area contributed by atoms with Crippen molar-refractivity contribution < 1.29 is 18.7 Å². The van der Waals surface area contributed by atoms with Crippen LogP contribution in [0.4, 0.5) is 14.2 Å². The second kappa shape index (κ2) is 8.81. The van der Waals surface area contributed by atoms with Gasteiger partial charge in [-0.2, -0.15) is 4.37 Å². The number of hydrogen-bond acceptors (Lipinski definition) is 5. The lowest BCUT2D eigenvalue weighted by atomic mass is 10.1. The first-order valence-electron chi connectivity index (χ1n) is 8.42. The summed E-state index contributed by atoms with van der Waals surface area (Å²) in [6.45, 7) is 7.77. The van der Waals surface area contributed by atoms with Crippen molar-refractivity contribution in [3.63, 3.8) is 0 Å². The van der Waals surface area contributed by atoms with Crippen LogP contribution < -0.4 is 21.1 Å². The molecule has 0 spiro atoms. The molecular formula is C18H23FN4O3S. The van der Waals surface area contributed by atoms with Crippen LogP contribution in [0.3, 0.4) is 0 Å². The van der Waals surface area contributed by atoms with E-state index in [1.54, 1.807) is 26.0 Å². The Balaban J connectivity index is 2.14. The number of rotatable bonds is 7. The number of nitrogens with two attached hydrogens (primary N) is 1. The summed E-state index contributed by atoms with van der Waals surface area (Å²) in [6, 6.07) is 2.95. The average molecular weight is 394 g/mol. The van der Waals surface area contributed by atoms with E-state index < -0.39 is 11.9 Å². The van der Waals surface area contributed by atoms with Crippen LogP contribution in [0.2, 0.25) is 0 Å². The molecule has 0 atom stereocenters. The molecule has 0 aliphatic carbocycles. The summed E-state index contributed by atoms with van der Waals surface area (Å²) >= 11 is 0.890. The van der Waals surface area contributed by atoms with Crippen LogP contribution in [0.1, 0.15) is 40.9 Å². The molecule has 0 aliphatic heterocycles. The maximum absolute atomic E-state index is 14.0. The normalized spacial score (nSPS) is 10.7. The van der Waals surface area contributed by atoms with Crippen LogP contribution >= 0.6 is 11.5 Å². The van der Waals surface area contributed by atoms with E-state index in [-0.39, 0.29) is 34.8 Å². The molecule has 0 aliphatic rings. The number of halogens is 1. The van der Waals surface area contributed by atoms with E-state index in [0.717, 1.165) is 11.5 Å². The van der Waals surface area contributed by atoms with Crippen molar-refractivity contribution >= 4 is 28.5 Å². The van der Waals surface area contributed by atoms with E-state index >= 15 is 0 Å². The van der Waals surface area contributed by atoms with Crippen molar-refractivity contribution in [2.75, 3.05) is 11.9 Å². The van der Waals surface area contributed by atoms with Crippen molar-refractivity contribution in [1.29, 1.82) is 0 Å². The van der Waals surface area contributed by atoms with Crippen molar-refractivity contribution in [3.8, 4) is 5.88 Å². The topological polar surface area (TPSA) is 106 Å². The maximum Gasteiger partial charge on any atom is 0.319 e. The fraction of sp³-hybridized carbons (Fsp3) is 0.389. The number of nitrogens with zero attached hydrogens (tertiary/aromatic N) is 1. The zero-order valence-corrected chi connectivity index (χ0v) is 16.5. The molecule has 0 saturated carbocycles. The summed E-state index contributed by atoms with van der Waals surface area (Å²) in [4.78, 5) is 23.7. The summed E-state index contributed by atoms with van der Waals surface area (Å²) in [5, 5.41) is 5.44. The molecular weight excluding hydrogens is 371 g/mol. The molecule has 9 heteroatoms. The van der Waals surface area contributed by atoms with E-state index in [9.17, 15) is 14.0 Å². The van der Waals surface area contributed by atoms with Crippen LogP contribution in [-0.4, -0.2) is 22.9 Å². The maximum atomic E-state index is 14.0. The highest BCUT2D eigenvalue weighted by molar-refractivity contribution is 7.11. The molecule has 1 heterocycles. The fourth-order valence-corrected chi connectivity index (χ4v) is 3.02. The molecule has 1 aromatic carbocycles. The second-order valence-corrected chi connectivity index (χ2v) is 7.33. The van der Waals surface area contributed by atoms with Crippen molar-refractivity contribution in [3.05, 3.63) is 40.2 Å². The number of carbonyl (C=O) groups excluding carboxylic acids is 2. The molecule has 0 bridgehead atoms. The number of amides is 3. The minimum atomic E-state index is -0.773. The van der Waals surface area contributed by atoms with Crippen molar-refractivity contribution in [2.24, 2.45) is 11.7 Å². The average Bonchev–Trinajstić information content (AvgIpc) is 3.00. The Hall–Kier alpha value is -2.68. The lowest BCUT2D eigenvalue weighted by Gasteiger charge is -2.11. The van der Waals surface area contributed by atoms with Gasteiger partial charge in [0.05, 0.1) is 0 Å². The fourth-order valence-electron chi connectivity index (χ4n) is 2.28. The third-order valence-corrected chi connectivity index (χ3v) is 4.61. The van der Waals surface area contributed by atoms with Gasteiger partial charge < -0.3 is 15.8 Å². The van der Waals surface area contributed by atoms with E-state index in [1.165, 1.54) is 0 Å². The second-order valence-electron chi connectivity index (χ2n) is 6.55. The molecule has 3 amide bonds. The van der Waals surface area contributed by atoms with Gasteiger partial charge in [-0.3, -0.25) is 10.1 Å². The number of primary amides is 1. The van der Waals surface area contributed by atoms with Crippen LogP contribution in [0.5, 0.6) is 5.88 Å². The SMILES string of the molecule is Cc1ccc(COc2nsc(NC(=O)NCC(C)C)c2C(N)=O)c(C)c1F. The molecule has 2 rings (SSSR count). The van der Waals surface area contributed by atoms with Gasteiger partial charge in [0.25, 0.3) is 5.91 Å². The highest BCUT2D eigenvalue weighted by Gasteiger charge is 2.22. The monoisotopic (exact) mass is 394 g/mol. The van der Waals surface area contributed by atoms with Crippen LogP contribution in [0.15, 0.2) is 12.1 Å². The van der Waals surface area contributed by atoms with Gasteiger partial charge in [0.15, 0.2) is 0 Å². The summed E-state index contributed by atoms with van der Waals surface area (Å²) < 4.78 is 23.6. The van der Waals surface area contributed by atoms with Gasteiger partial charge in [0.1, 0.15) is 23.0 Å². The Morgan fingerprint density at radius 1 is 1.33 bits per heavy atom. The van der Waals surface area contributed by atoms with Crippen molar-refractivity contribution in [1.82, 2.24) is 9.69 Å². The van der Waals surface area contributed by atoms with Crippen LogP contribution in [-0.2, 0) is 6.61 Å². The molecule has 27 heavy (non-hydrogen) atoms. The van der Waals surface area contributed by atoms with E-state index in [0.29, 0.717) is 23.2 Å². The number of benzene rings is 1. The molecule has 7 nitrogen and oxygen atoms in total. The Labute approximate surface area is 161 Å². The predicted octanol–water partition coefficient (Wildman–Crippen LogP) is 3.35. The first-order chi connectivity index (χ1) is 12.7. The summed E-state index contributed by atoms with van der Waals surface area (Å²) in [7, 11) is 0. The number of nitrogens with one attached hydrogen (secondary N) is 2. The van der Waals surface area contributed by atoms with Gasteiger partial charge in [-0.05, 0) is 48.0 Å². The lowest BCUT2D eigenvalue weighted by Crippen LogP contribution is -2.32. The Bertz CT molecular complexity index is 851. The number of carbonyl (C=O) groups is 2. The number of aryl methyl sites for hydroxylation is 1. The number of anilines is 1. The number of hydrogen-bond donors (Lipinski definition) is 3. The Morgan fingerprint density at radius 2 is 2.04 bits per heavy atom. The van der Waals surface area contributed by atoms with Crippen LogP contribution in [0.25, 0.3) is 0 Å². The van der Waals surface area contributed by atoms with Gasteiger partial charge in [-0.1, -0.05) is 26.0 Å². The smallest absolute Gasteiger partial charge is 0.319 e. The first kappa shape index (κ1) is 20.6. The number of aromatic nitrogens is 1. The third kappa shape index (κ3) is 5.16. The molecule has 0 fully saturated rings. The summed E-state index contributed by atoms with van der Waals surface area (Å²) in [6.07, 6.45) is 0. The minimum Gasteiger partial charge on any atom is -0.472 e. The molecule has 0 unspecified atom stereocenters. The summed E-state index contributed by atoms with van der Waals surface area (Å²) in [5.41, 5.74) is 7.05. The minimum absolute atomic E-state index is 0.00652. The van der Waals surface area contributed by atoms with Gasteiger partial charge >= 0.3 is 6.03 Å². The highest BCUT2D eigenvalue weighted by atomic mass is 32.1. The Morgan fingerprint density at radius 3 is 2.67 bits per heavy atom.